The van der Waals surface area contributed by atoms with Crippen LogP contribution in [0.1, 0.15) is 5.56 Å². The number of carbonyl (C=O) groups is 3. The van der Waals surface area contributed by atoms with Crippen LogP contribution in [0.3, 0.4) is 0 Å². The molecule has 1 fully saturated rings. The maximum Gasteiger partial charge on any atom is 0.294 e. The molecule has 150 valence electrons. The van der Waals surface area contributed by atoms with Gasteiger partial charge in [0.2, 0.25) is 5.91 Å². The summed E-state index contributed by atoms with van der Waals surface area (Å²) in [7, 11) is 3.04. The summed E-state index contributed by atoms with van der Waals surface area (Å²) in [4.78, 5) is 38.3. The van der Waals surface area contributed by atoms with E-state index in [0.717, 1.165) is 21.1 Å². The van der Waals surface area contributed by atoms with Gasteiger partial charge in [-0.25, -0.2) is 0 Å². The molecule has 1 aliphatic rings. The van der Waals surface area contributed by atoms with Crippen LogP contribution in [0.5, 0.6) is 11.5 Å². The third-order valence-corrected chi connectivity index (χ3v) is 5.46. The maximum absolute atomic E-state index is 12.7. The average molecular weight is 477 g/mol. The van der Waals surface area contributed by atoms with Crippen molar-refractivity contribution >= 4 is 56.5 Å². The number of ether oxygens (including phenoxy) is 2. The van der Waals surface area contributed by atoms with E-state index in [1.807, 2.05) is 0 Å². The molecule has 7 nitrogen and oxygen atoms in total. The number of thioether (sulfide) groups is 1. The summed E-state index contributed by atoms with van der Waals surface area (Å²) in [6.45, 7) is -0.368. The van der Waals surface area contributed by atoms with Crippen LogP contribution < -0.4 is 14.8 Å². The Kier molecular flexibility index (Phi) is 6.60. The average Bonchev–Trinajstić information content (AvgIpc) is 2.97. The molecule has 0 bridgehead atoms. The lowest BCUT2D eigenvalue weighted by molar-refractivity contribution is -0.127. The van der Waals surface area contributed by atoms with Crippen LogP contribution in [-0.2, 0) is 9.59 Å². The summed E-state index contributed by atoms with van der Waals surface area (Å²) in [6.07, 6.45) is 1.55. The van der Waals surface area contributed by atoms with E-state index in [9.17, 15) is 14.4 Å². The van der Waals surface area contributed by atoms with Crippen LogP contribution >= 0.6 is 27.7 Å². The second-order valence-electron chi connectivity index (χ2n) is 5.93. The van der Waals surface area contributed by atoms with Crippen LogP contribution in [0.25, 0.3) is 6.08 Å². The summed E-state index contributed by atoms with van der Waals surface area (Å²) in [6, 6.07) is 12.1. The van der Waals surface area contributed by atoms with E-state index in [0.29, 0.717) is 22.7 Å². The van der Waals surface area contributed by atoms with Gasteiger partial charge in [0.25, 0.3) is 11.1 Å². The van der Waals surface area contributed by atoms with Crippen molar-refractivity contribution < 1.29 is 23.9 Å². The molecule has 3 amide bonds. The number of nitrogens with one attached hydrogen (secondary N) is 1. The molecule has 1 saturated heterocycles. The van der Waals surface area contributed by atoms with Gasteiger partial charge in [-0.1, -0.05) is 15.9 Å². The molecule has 0 saturated carbocycles. The van der Waals surface area contributed by atoms with E-state index in [1.54, 1.807) is 48.5 Å². The number of hydrogen-bond donors (Lipinski definition) is 1. The van der Waals surface area contributed by atoms with Crippen LogP contribution in [0.4, 0.5) is 10.5 Å². The number of imide groups is 1. The van der Waals surface area contributed by atoms with E-state index in [1.165, 1.54) is 14.2 Å². The lowest BCUT2D eigenvalue weighted by Crippen LogP contribution is -2.36. The topological polar surface area (TPSA) is 84.9 Å². The van der Waals surface area contributed by atoms with Crippen molar-refractivity contribution in [2.75, 3.05) is 26.1 Å². The van der Waals surface area contributed by atoms with E-state index >= 15 is 0 Å². The van der Waals surface area contributed by atoms with Gasteiger partial charge in [-0.3, -0.25) is 19.3 Å². The van der Waals surface area contributed by atoms with Crippen molar-refractivity contribution in [3.63, 3.8) is 0 Å². The first kappa shape index (κ1) is 20.9. The highest BCUT2D eigenvalue weighted by Crippen LogP contribution is 2.35. The molecule has 0 spiro atoms. The molecular formula is C20H17BrN2O5S. The second-order valence-corrected chi connectivity index (χ2v) is 7.84. The summed E-state index contributed by atoms with van der Waals surface area (Å²) in [5.41, 5.74) is 1.17. The molecule has 1 heterocycles. The first-order valence-electron chi connectivity index (χ1n) is 8.44. The van der Waals surface area contributed by atoms with Crippen LogP contribution in [-0.4, -0.2) is 42.7 Å². The zero-order valence-electron chi connectivity index (χ0n) is 15.6. The van der Waals surface area contributed by atoms with Gasteiger partial charge in [0.15, 0.2) is 0 Å². The molecule has 0 aliphatic carbocycles. The van der Waals surface area contributed by atoms with Crippen molar-refractivity contribution in [3.8, 4) is 11.5 Å². The standard InChI is InChI=1S/C20H17BrN2O5S/c1-27-15-7-8-16(28-2)12(9-15)10-17-19(25)23(20(26)29-17)11-18(24)22-14-5-3-13(21)4-6-14/h3-10H,11H2,1-2H3,(H,22,24)/b17-10+. The number of rotatable bonds is 6. The predicted molar refractivity (Wildman–Crippen MR) is 115 cm³/mol. The number of methoxy groups -OCH3 is 2. The summed E-state index contributed by atoms with van der Waals surface area (Å²) in [5, 5.41) is 2.16. The van der Waals surface area contributed by atoms with Crippen LogP contribution in [0.15, 0.2) is 51.8 Å². The van der Waals surface area contributed by atoms with E-state index in [4.69, 9.17) is 9.47 Å². The second kappa shape index (κ2) is 9.15. The minimum atomic E-state index is -0.532. The van der Waals surface area contributed by atoms with Gasteiger partial charge in [0.05, 0.1) is 19.1 Å². The Bertz CT molecular complexity index is 991. The van der Waals surface area contributed by atoms with Gasteiger partial charge >= 0.3 is 0 Å². The Labute approximate surface area is 180 Å². The van der Waals surface area contributed by atoms with Crippen molar-refractivity contribution in [2.24, 2.45) is 0 Å². The monoisotopic (exact) mass is 476 g/mol. The summed E-state index contributed by atoms with van der Waals surface area (Å²) < 4.78 is 11.4. The summed E-state index contributed by atoms with van der Waals surface area (Å²) >= 11 is 4.09. The molecule has 2 aromatic carbocycles. The molecular weight excluding hydrogens is 460 g/mol. The number of anilines is 1. The van der Waals surface area contributed by atoms with E-state index in [-0.39, 0.29) is 11.4 Å². The Hall–Kier alpha value is -2.78. The van der Waals surface area contributed by atoms with Crippen LogP contribution in [0, 0.1) is 0 Å². The number of hydrogen-bond acceptors (Lipinski definition) is 6. The minimum absolute atomic E-state index is 0.206. The fourth-order valence-electron chi connectivity index (χ4n) is 2.61. The first-order valence-corrected chi connectivity index (χ1v) is 10.0. The van der Waals surface area contributed by atoms with Crippen molar-refractivity contribution in [1.29, 1.82) is 0 Å². The first-order chi connectivity index (χ1) is 13.9. The third-order valence-electron chi connectivity index (χ3n) is 4.03. The molecule has 0 unspecified atom stereocenters. The Morgan fingerprint density at radius 2 is 1.86 bits per heavy atom. The Morgan fingerprint density at radius 3 is 2.52 bits per heavy atom. The zero-order valence-corrected chi connectivity index (χ0v) is 18.0. The highest BCUT2D eigenvalue weighted by Gasteiger charge is 2.36. The molecule has 0 radical (unpaired) electrons. The maximum atomic E-state index is 12.7. The minimum Gasteiger partial charge on any atom is -0.497 e. The fraction of sp³-hybridized carbons (Fsp3) is 0.150. The highest BCUT2D eigenvalue weighted by molar-refractivity contribution is 9.10. The molecule has 9 heteroatoms. The van der Waals surface area contributed by atoms with E-state index in [2.05, 4.69) is 21.2 Å². The normalized spacial score (nSPS) is 15.0. The number of nitrogens with zero attached hydrogens (tertiary/aromatic N) is 1. The largest absolute Gasteiger partial charge is 0.497 e. The smallest absolute Gasteiger partial charge is 0.294 e. The Morgan fingerprint density at radius 1 is 1.14 bits per heavy atom. The molecule has 1 aliphatic heterocycles. The lowest BCUT2D eigenvalue weighted by atomic mass is 10.1. The highest BCUT2D eigenvalue weighted by atomic mass is 79.9. The van der Waals surface area contributed by atoms with Crippen LogP contribution in [0.2, 0.25) is 0 Å². The van der Waals surface area contributed by atoms with Gasteiger partial charge < -0.3 is 14.8 Å². The van der Waals surface area contributed by atoms with Gasteiger partial charge in [-0.05, 0) is 60.3 Å². The molecule has 3 rings (SSSR count). The van der Waals surface area contributed by atoms with Gasteiger partial charge in [-0.15, -0.1) is 0 Å². The van der Waals surface area contributed by atoms with E-state index < -0.39 is 17.1 Å². The molecule has 0 atom stereocenters. The van der Waals surface area contributed by atoms with Crippen molar-refractivity contribution in [2.45, 2.75) is 0 Å². The fourth-order valence-corrected chi connectivity index (χ4v) is 3.70. The molecule has 2 aromatic rings. The molecule has 29 heavy (non-hydrogen) atoms. The molecule has 1 N–H and O–H groups in total. The number of carbonyl (C=O) groups excluding carboxylic acids is 3. The Balaban J connectivity index is 1.75. The number of halogens is 1. The van der Waals surface area contributed by atoms with Crippen molar-refractivity contribution in [1.82, 2.24) is 4.90 Å². The predicted octanol–water partition coefficient (Wildman–Crippen LogP) is 4.14. The number of benzene rings is 2. The SMILES string of the molecule is COc1ccc(OC)c(/C=C2/SC(=O)N(CC(=O)Nc3ccc(Br)cc3)C2=O)c1. The number of amides is 3. The third kappa shape index (κ3) is 4.99. The van der Waals surface area contributed by atoms with Gasteiger partial charge in [0, 0.05) is 15.7 Å². The van der Waals surface area contributed by atoms with Gasteiger partial charge in [-0.2, -0.15) is 0 Å². The lowest BCUT2D eigenvalue weighted by Gasteiger charge is -2.12. The zero-order chi connectivity index (χ0) is 21.0. The van der Waals surface area contributed by atoms with Crippen molar-refractivity contribution in [3.05, 3.63) is 57.4 Å². The molecule has 0 aromatic heterocycles. The van der Waals surface area contributed by atoms with Gasteiger partial charge in [0.1, 0.15) is 18.0 Å². The summed E-state index contributed by atoms with van der Waals surface area (Å²) in [5.74, 6) is 0.126. The quantitative estimate of drug-likeness (QED) is 0.630.